The Kier molecular flexibility index (Phi) is 2.87. The van der Waals surface area contributed by atoms with Crippen molar-refractivity contribution in [2.45, 2.75) is 6.42 Å². The monoisotopic (exact) mass is 224 g/mol. The van der Waals surface area contributed by atoms with Crippen LogP contribution < -0.4 is 10.2 Å². The van der Waals surface area contributed by atoms with Crippen molar-refractivity contribution in [1.29, 1.82) is 0 Å². The molecule has 0 aromatic heterocycles. The molecule has 78 valence electrons. The van der Waals surface area contributed by atoms with Gasteiger partial charge in [0.05, 0.1) is 12.1 Å². The van der Waals surface area contributed by atoms with Gasteiger partial charge in [-0.15, -0.1) is 0 Å². The largest absolute Gasteiger partial charge is 0.488 e. The first-order chi connectivity index (χ1) is 7.24. The van der Waals surface area contributed by atoms with Crippen molar-refractivity contribution in [3.8, 4) is 5.75 Å². The first kappa shape index (κ1) is 9.98. The SMILES string of the molecule is O=C1CC(COc2cccc(Cl)c2)=NN1. The van der Waals surface area contributed by atoms with Gasteiger partial charge in [0.1, 0.15) is 12.4 Å². The normalized spacial score (nSPS) is 14.7. The van der Waals surface area contributed by atoms with Gasteiger partial charge >= 0.3 is 0 Å². The minimum Gasteiger partial charge on any atom is -0.488 e. The van der Waals surface area contributed by atoms with Crippen LogP contribution in [0.1, 0.15) is 6.42 Å². The third-order valence-corrected chi connectivity index (χ3v) is 2.14. The molecule has 5 heteroatoms. The maximum atomic E-state index is 10.8. The molecule has 1 heterocycles. The highest BCUT2D eigenvalue weighted by Gasteiger charge is 2.14. The molecule has 1 aliphatic rings. The van der Waals surface area contributed by atoms with Gasteiger partial charge in [0.2, 0.25) is 5.91 Å². The Balaban J connectivity index is 1.91. The molecule has 0 aliphatic carbocycles. The van der Waals surface area contributed by atoms with E-state index in [-0.39, 0.29) is 5.91 Å². The zero-order valence-electron chi connectivity index (χ0n) is 7.87. The zero-order chi connectivity index (χ0) is 10.7. The lowest BCUT2D eigenvalue weighted by Crippen LogP contribution is -2.12. The van der Waals surface area contributed by atoms with Crippen LogP contribution >= 0.6 is 11.6 Å². The topological polar surface area (TPSA) is 50.7 Å². The van der Waals surface area contributed by atoms with E-state index in [0.29, 0.717) is 29.5 Å². The van der Waals surface area contributed by atoms with Crippen molar-refractivity contribution in [2.75, 3.05) is 6.61 Å². The fourth-order valence-corrected chi connectivity index (χ4v) is 1.39. The van der Waals surface area contributed by atoms with Crippen LogP contribution in [-0.4, -0.2) is 18.2 Å². The molecule has 0 bridgehead atoms. The van der Waals surface area contributed by atoms with Gasteiger partial charge in [0.25, 0.3) is 0 Å². The Morgan fingerprint density at radius 1 is 1.53 bits per heavy atom. The minimum atomic E-state index is -0.0975. The van der Waals surface area contributed by atoms with Gasteiger partial charge in [0, 0.05) is 5.02 Å². The highest BCUT2D eigenvalue weighted by molar-refractivity contribution is 6.30. The minimum absolute atomic E-state index is 0.0975. The van der Waals surface area contributed by atoms with E-state index in [9.17, 15) is 4.79 Å². The van der Waals surface area contributed by atoms with Gasteiger partial charge in [-0.2, -0.15) is 5.10 Å². The van der Waals surface area contributed by atoms with Crippen molar-refractivity contribution in [3.63, 3.8) is 0 Å². The number of nitrogens with one attached hydrogen (secondary N) is 1. The van der Waals surface area contributed by atoms with Crippen molar-refractivity contribution < 1.29 is 9.53 Å². The van der Waals surface area contributed by atoms with Crippen molar-refractivity contribution in [1.82, 2.24) is 5.43 Å². The second-order valence-electron chi connectivity index (χ2n) is 3.14. The van der Waals surface area contributed by atoms with Gasteiger partial charge in [0.15, 0.2) is 0 Å². The Labute approximate surface area is 91.9 Å². The molecule has 0 radical (unpaired) electrons. The van der Waals surface area contributed by atoms with Crippen LogP contribution in [0.3, 0.4) is 0 Å². The van der Waals surface area contributed by atoms with Crippen LogP contribution in [0.5, 0.6) is 5.75 Å². The Bertz CT molecular complexity index is 418. The zero-order valence-corrected chi connectivity index (χ0v) is 8.62. The van der Waals surface area contributed by atoms with Gasteiger partial charge < -0.3 is 4.74 Å². The number of hydrazone groups is 1. The summed E-state index contributed by atoms with van der Waals surface area (Å²) < 4.78 is 5.41. The lowest BCUT2D eigenvalue weighted by molar-refractivity contribution is -0.119. The number of hydrogen-bond donors (Lipinski definition) is 1. The fourth-order valence-electron chi connectivity index (χ4n) is 1.21. The fraction of sp³-hybridized carbons (Fsp3) is 0.200. The number of hydrogen-bond acceptors (Lipinski definition) is 3. The van der Waals surface area contributed by atoms with Crippen LogP contribution in [-0.2, 0) is 4.79 Å². The number of halogens is 1. The van der Waals surface area contributed by atoms with E-state index in [0.717, 1.165) is 0 Å². The number of amides is 1. The Morgan fingerprint density at radius 3 is 3.07 bits per heavy atom. The average Bonchev–Trinajstić information content (AvgIpc) is 2.62. The standard InChI is InChI=1S/C10H9ClN2O2/c11-7-2-1-3-9(4-7)15-6-8-5-10(14)13-12-8/h1-4H,5-6H2,(H,13,14). The third-order valence-electron chi connectivity index (χ3n) is 1.90. The maximum Gasteiger partial charge on any atom is 0.245 e. The molecule has 0 saturated heterocycles. The van der Waals surface area contributed by atoms with Gasteiger partial charge in [-0.1, -0.05) is 17.7 Å². The second-order valence-corrected chi connectivity index (χ2v) is 3.57. The molecule has 0 saturated carbocycles. The first-order valence-corrected chi connectivity index (χ1v) is 4.84. The molecule has 15 heavy (non-hydrogen) atoms. The average molecular weight is 225 g/mol. The molecule has 1 aromatic rings. The van der Waals surface area contributed by atoms with Crippen LogP contribution in [0.25, 0.3) is 0 Å². The highest BCUT2D eigenvalue weighted by Crippen LogP contribution is 2.17. The van der Waals surface area contributed by atoms with Crippen LogP contribution in [0.4, 0.5) is 0 Å². The van der Waals surface area contributed by atoms with E-state index in [1.165, 1.54) is 0 Å². The summed E-state index contributed by atoms with van der Waals surface area (Å²) >= 11 is 5.79. The molecular formula is C10H9ClN2O2. The number of ether oxygens (including phenoxy) is 1. The number of nitrogens with zero attached hydrogens (tertiary/aromatic N) is 1. The van der Waals surface area contributed by atoms with Gasteiger partial charge in [-0.05, 0) is 18.2 Å². The van der Waals surface area contributed by atoms with Crippen LogP contribution in [0.15, 0.2) is 29.4 Å². The second kappa shape index (κ2) is 4.31. The highest BCUT2D eigenvalue weighted by atomic mass is 35.5. The molecule has 1 amide bonds. The molecule has 1 aromatic carbocycles. The van der Waals surface area contributed by atoms with Crippen LogP contribution in [0.2, 0.25) is 5.02 Å². The van der Waals surface area contributed by atoms with E-state index >= 15 is 0 Å². The van der Waals surface area contributed by atoms with Crippen molar-refractivity contribution >= 4 is 23.2 Å². The summed E-state index contributed by atoms with van der Waals surface area (Å²) in [6.45, 7) is 0.305. The molecule has 0 fully saturated rings. The predicted molar refractivity (Wildman–Crippen MR) is 57.1 cm³/mol. The summed E-state index contributed by atoms with van der Waals surface area (Å²) in [4.78, 5) is 10.8. The van der Waals surface area contributed by atoms with E-state index < -0.39 is 0 Å². The summed E-state index contributed by atoms with van der Waals surface area (Å²) in [5.74, 6) is 0.573. The molecule has 1 aliphatic heterocycles. The predicted octanol–water partition coefficient (Wildman–Crippen LogP) is 1.59. The van der Waals surface area contributed by atoms with E-state index in [2.05, 4.69) is 10.5 Å². The van der Waals surface area contributed by atoms with Crippen molar-refractivity contribution in [3.05, 3.63) is 29.3 Å². The van der Waals surface area contributed by atoms with E-state index in [1.807, 2.05) is 0 Å². The summed E-state index contributed by atoms with van der Waals surface area (Å²) in [7, 11) is 0. The lowest BCUT2D eigenvalue weighted by Gasteiger charge is -2.04. The van der Waals surface area contributed by atoms with Crippen molar-refractivity contribution in [2.24, 2.45) is 5.10 Å². The Morgan fingerprint density at radius 2 is 2.40 bits per heavy atom. The number of rotatable bonds is 3. The van der Waals surface area contributed by atoms with Crippen LogP contribution in [0, 0.1) is 0 Å². The molecule has 0 atom stereocenters. The van der Waals surface area contributed by atoms with Gasteiger partial charge in [-0.3, -0.25) is 4.79 Å². The summed E-state index contributed by atoms with van der Waals surface area (Å²) in [6, 6.07) is 7.09. The quantitative estimate of drug-likeness (QED) is 0.848. The summed E-state index contributed by atoms with van der Waals surface area (Å²) in [6.07, 6.45) is 0.306. The molecule has 0 spiro atoms. The maximum absolute atomic E-state index is 10.8. The Hall–Kier alpha value is -1.55. The number of carbonyl (C=O) groups excluding carboxylic acids is 1. The van der Waals surface area contributed by atoms with E-state index in [1.54, 1.807) is 24.3 Å². The smallest absolute Gasteiger partial charge is 0.245 e. The molecule has 1 N–H and O–H groups in total. The third kappa shape index (κ3) is 2.70. The lowest BCUT2D eigenvalue weighted by atomic mass is 10.3. The number of carbonyl (C=O) groups is 1. The molecular weight excluding hydrogens is 216 g/mol. The molecule has 0 unspecified atom stereocenters. The van der Waals surface area contributed by atoms with Gasteiger partial charge in [-0.25, -0.2) is 5.43 Å². The summed E-state index contributed by atoms with van der Waals surface area (Å²) in [5, 5.41) is 4.43. The van der Waals surface area contributed by atoms with E-state index in [4.69, 9.17) is 16.3 Å². The number of benzene rings is 1. The summed E-state index contributed by atoms with van der Waals surface area (Å²) in [5.41, 5.74) is 3.05. The first-order valence-electron chi connectivity index (χ1n) is 4.47. The molecule has 2 rings (SSSR count). The molecule has 4 nitrogen and oxygen atoms in total.